The standard InChI is InChI=1S/C17H25N5/c1-14(9-10-15-6-3-2-4-7-15)22-17(18)20-11-5-8-16-12-19-13-21-16/h2-4,6-7,12-14H,5,8-11H2,1H3,(H,19,21)(H3,18,20,22). The van der Waals surface area contributed by atoms with Gasteiger partial charge in [-0.2, -0.15) is 0 Å². The molecule has 0 spiro atoms. The zero-order chi connectivity index (χ0) is 15.6. The number of hydrogen-bond donors (Lipinski definition) is 3. The maximum absolute atomic E-state index is 5.92. The van der Waals surface area contributed by atoms with Crippen LogP contribution in [0.4, 0.5) is 0 Å². The Kier molecular flexibility index (Phi) is 6.48. The number of hydrogen-bond acceptors (Lipinski definition) is 2. The summed E-state index contributed by atoms with van der Waals surface area (Å²) in [6.45, 7) is 2.86. The molecule has 2 rings (SSSR count). The average molecular weight is 299 g/mol. The molecule has 1 unspecified atom stereocenters. The van der Waals surface area contributed by atoms with E-state index in [0.717, 1.165) is 37.9 Å². The third-order valence-electron chi connectivity index (χ3n) is 3.54. The second-order valence-corrected chi connectivity index (χ2v) is 5.52. The first-order valence-corrected chi connectivity index (χ1v) is 7.81. The topological polar surface area (TPSA) is 79.1 Å². The highest BCUT2D eigenvalue weighted by atomic mass is 15.1. The van der Waals surface area contributed by atoms with Crippen LogP contribution in [0.25, 0.3) is 0 Å². The number of guanidine groups is 1. The smallest absolute Gasteiger partial charge is 0.188 e. The zero-order valence-corrected chi connectivity index (χ0v) is 13.1. The van der Waals surface area contributed by atoms with Gasteiger partial charge in [-0.15, -0.1) is 0 Å². The minimum Gasteiger partial charge on any atom is -0.370 e. The van der Waals surface area contributed by atoms with Gasteiger partial charge in [0.15, 0.2) is 5.96 Å². The van der Waals surface area contributed by atoms with Crippen LogP contribution in [0, 0.1) is 0 Å². The normalized spacial score (nSPS) is 13.0. The average Bonchev–Trinajstić information content (AvgIpc) is 3.04. The van der Waals surface area contributed by atoms with E-state index in [2.05, 4.69) is 51.5 Å². The molecular formula is C17H25N5. The molecule has 0 fully saturated rings. The molecule has 0 bridgehead atoms. The highest BCUT2D eigenvalue weighted by molar-refractivity contribution is 5.78. The molecule has 0 radical (unpaired) electrons. The Balaban J connectivity index is 1.62. The van der Waals surface area contributed by atoms with Gasteiger partial charge in [0.2, 0.25) is 0 Å². The Morgan fingerprint density at radius 2 is 2.14 bits per heavy atom. The lowest BCUT2D eigenvalue weighted by atomic mass is 10.1. The third-order valence-corrected chi connectivity index (χ3v) is 3.54. The van der Waals surface area contributed by atoms with E-state index in [9.17, 15) is 0 Å². The number of aromatic amines is 1. The van der Waals surface area contributed by atoms with Crippen LogP contribution >= 0.6 is 0 Å². The van der Waals surface area contributed by atoms with Gasteiger partial charge in [0.25, 0.3) is 0 Å². The molecule has 2 aromatic rings. The quantitative estimate of drug-likeness (QED) is 0.397. The predicted octanol–water partition coefficient (Wildman–Crippen LogP) is 2.27. The summed E-state index contributed by atoms with van der Waals surface area (Å²) in [7, 11) is 0. The first-order valence-electron chi connectivity index (χ1n) is 7.81. The van der Waals surface area contributed by atoms with Crippen LogP contribution in [-0.4, -0.2) is 28.5 Å². The number of imidazole rings is 1. The summed E-state index contributed by atoms with van der Waals surface area (Å²) in [5.41, 5.74) is 8.41. The molecule has 22 heavy (non-hydrogen) atoms. The molecule has 118 valence electrons. The Hall–Kier alpha value is -2.30. The lowest BCUT2D eigenvalue weighted by molar-refractivity contribution is 0.601. The van der Waals surface area contributed by atoms with Gasteiger partial charge in [0, 0.05) is 24.5 Å². The van der Waals surface area contributed by atoms with Gasteiger partial charge < -0.3 is 16.0 Å². The summed E-state index contributed by atoms with van der Waals surface area (Å²) < 4.78 is 0. The molecule has 4 N–H and O–H groups in total. The van der Waals surface area contributed by atoms with Crippen LogP contribution in [0.15, 0.2) is 47.8 Å². The van der Waals surface area contributed by atoms with Crippen LogP contribution in [0.5, 0.6) is 0 Å². The minimum atomic E-state index is 0.316. The molecule has 0 aliphatic heterocycles. The van der Waals surface area contributed by atoms with E-state index in [-0.39, 0.29) is 0 Å². The second kappa shape index (κ2) is 8.87. The summed E-state index contributed by atoms with van der Waals surface area (Å²) in [6.07, 6.45) is 7.53. The number of aromatic nitrogens is 2. The van der Waals surface area contributed by atoms with Crippen molar-refractivity contribution in [2.75, 3.05) is 6.54 Å². The first-order chi connectivity index (χ1) is 10.7. The van der Waals surface area contributed by atoms with E-state index in [1.165, 1.54) is 5.56 Å². The number of nitrogens with two attached hydrogens (primary N) is 1. The van der Waals surface area contributed by atoms with Crippen molar-refractivity contribution in [2.45, 2.75) is 38.6 Å². The minimum absolute atomic E-state index is 0.316. The number of benzene rings is 1. The lowest BCUT2D eigenvalue weighted by Crippen LogP contribution is -2.38. The molecule has 0 saturated heterocycles. The molecule has 1 atom stereocenters. The molecule has 1 heterocycles. The third kappa shape index (κ3) is 5.99. The van der Waals surface area contributed by atoms with Crippen LogP contribution in [0.3, 0.4) is 0 Å². The molecule has 0 amide bonds. The van der Waals surface area contributed by atoms with Gasteiger partial charge in [-0.25, -0.2) is 4.98 Å². The number of aryl methyl sites for hydroxylation is 2. The fourth-order valence-corrected chi connectivity index (χ4v) is 2.29. The van der Waals surface area contributed by atoms with Crippen molar-refractivity contribution in [3.05, 3.63) is 54.1 Å². The summed E-state index contributed by atoms with van der Waals surface area (Å²) in [5.74, 6) is 0.533. The van der Waals surface area contributed by atoms with Gasteiger partial charge >= 0.3 is 0 Å². The number of aliphatic imine (C=N–C) groups is 1. The predicted molar refractivity (Wildman–Crippen MR) is 90.8 cm³/mol. The van der Waals surface area contributed by atoms with E-state index in [1.54, 1.807) is 6.33 Å². The number of H-pyrrole nitrogens is 1. The maximum Gasteiger partial charge on any atom is 0.188 e. The number of rotatable bonds is 8. The van der Waals surface area contributed by atoms with Crippen molar-refractivity contribution in [3.63, 3.8) is 0 Å². The van der Waals surface area contributed by atoms with Gasteiger partial charge in [-0.05, 0) is 38.2 Å². The molecule has 0 saturated carbocycles. The molecule has 1 aromatic heterocycles. The molecule has 5 heteroatoms. The van der Waals surface area contributed by atoms with E-state index in [1.807, 2.05) is 12.3 Å². The van der Waals surface area contributed by atoms with Crippen LogP contribution in [0.2, 0.25) is 0 Å². The first kappa shape index (κ1) is 16.1. The van der Waals surface area contributed by atoms with Gasteiger partial charge in [-0.3, -0.25) is 4.99 Å². The molecular weight excluding hydrogens is 274 g/mol. The van der Waals surface area contributed by atoms with E-state index < -0.39 is 0 Å². The monoisotopic (exact) mass is 299 g/mol. The van der Waals surface area contributed by atoms with E-state index in [4.69, 9.17) is 5.73 Å². The summed E-state index contributed by atoms with van der Waals surface area (Å²) >= 11 is 0. The summed E-state index contributed by atoms with van der Waals surface area (Å²) in [4.78, 5) is 11.4. The zero-order valence-electron chi connectivity index (χ0n) is 13.1. The van der Waals surface area contributed by atoms with Crippen molar-refractivity contribution in [3.8, 4) is 0 Å². The lowest BCUT2D eigenvalue weighted by Gasteiger charge is -2.14. The molecule has 0 aliphatic carbocycles. The van der Waals surface area contributed by atoms with Gasteiger partial charge in [-0.1, -0.05) is 30.3 Å². The fourth-order valence-electron chi connectivity index (χ4n) is 2.29. The SMILES string of the molecule is CC(CCc1ccccc1)NC(N)=NCCCc1cnc[nH]1. The van der Waals surface area contributed by atoms with Gasteiger partial charge in [0.1, 0.15) is 0 Å². The molecule has 1 aromatic carbocycles. The maximum atomic E-state index is 5.92. The van der Waals surface area contributed by atoms with Crippen molar-refractivity contribution >= 4 is 5.96 Å². The Bertz CT molecular complexity index is 548. The van der Waals surface area contributed by atoms with Crippen molar-refractivity contribution in [1.82, 2.24) is 15.3 Å². The Morgan fingerprint density at radius 3 is 2.86 bits per heavy atom. The highest BCUT2D eigenvalue weighted by Crippen LogP contribution is 2.04. The van der Waals surface area contributed by atoms with Crippen molar-refractivity contribution in [1.29, 1.82) is 0 Å². The number of nitrogens with zero attached hydrogens (tertiary/aromatic N) is 2. The van der Waals surface area contributed by atoms with Crippen molar-refractivity contribution < 1.29 is 0 Å². The van der Waals surface area contributed by atoms with Crippen molar-refractivity contribution in [2.24, 2.45) is 10.7 Å². The van der Waals surface area contributed by atoms with Gasteiger partial charge in [0.05, 0.1) is 6.33 Å². The Morgan fingerprint density at radius 1 is 1.32 bits per heavy atom. The summed E-state index contributed by atoms with van der Waals surface area (Å²) in [6, 6.07) is 10.8. The summed E-state index contributed by atoms with van der Waals surface area (Å²) in [5, 5.41) is 3.25. The molecule has 5 nitrogen and oxygen atoms in total. The van der Waals surface area contributed by atoms with Crippen LogP contribution in [0.1, 0.15) is 31.0 Å². The van der Waals surface area contributed by atoms with E-state index >= 15 is 0 Å². The van der Waals surface area contributed by atoms with E-state index in [0.29, 0.717) is 12.0 Å². The second-order valence-electron chi connectivity index (χ2n) is 5.52. The largest absolute Gasteiger partial charge is 0.370 e. The van der Waals surface area contributed by atoms with Crippen LogP contribution in [-0.2, 0) is 12.8 Å². The highest BCUT2D eigenvalue weighted by Gasteiger charge is 2.03. The Labute approximate surface area is 132 Å². The number of nitrogens with one attached hydrogen (secondary N) is 2. The molecule has 0 aliphatic rings. The van der Waals surface area contributed by atoms with Crippen LogP contribution < -0.4 is 11.1 Å². The fraction of sp³-hybridized carbons (Fsp3) is 0.412.